The number of thioether (sulfide) groups is 1. The van der Waals surface area contributed by atoms with Gasteiger partial charge in [0, 0.05) is 0 Å². The van der Waals surface area contributed by atoms with Gasteiger partial charge in [-0.2, -0.15) is 0 Å². The number of nitrogens with zero attached hydrogens (tertiary/aromatic N) is 3. The zero-order chi connectivity index (χ0) is 23.4. The van der Waals surface area contributed by atoms with Crippen molar-refractivity contribution in [1.29, 1.82) is 0 Å². The molecule has 0 bridgehead atoms. The molecule has 2 aromatic heterocycles. The SMILES string of the molecule is CCOC(=O)c1c(NC(=O)CSc2nncn2-c2ccc(C)cc2C)sc(C(N)=O)c1C. The number of hydrogen-bond donors (Lipinski definition) is 2. The fourth-order valence-corrected chi connectivity index (χ4v) is 4.93. The number of primary amides is 1. The number of nitrogens with two attached hydrogens (primary N) is 1. The first kappa shape index (κ1) is 23.5. The zero-order valence-corrected chi connectivity index (χ0v) is 19.7. The third kappa shape index (κ3) is 5.00. The van der Waals surface area contributed by atoms with Gasteiger partial charge in [0.15, 0.2) is 5.16 Å². The smallest absolute Gasteiger partial charge is 0.341 e. The van der Waals surface area contributed by atoms with Gasteiger partial charge in [-0.15, -0.1) is 21.5 Å². The van der Waals surface area contributed by atoms with E-state index in [4.69, 9.17) is 10.5 Å². The normalized spacial score (nSPS) is 10.8. The van der Waals surface area contributed by atoms with Gasteiger partial charge in [-0.3, -0.25) is 14.2 Å². The molecular weight excluding hydrogens is 450 g/mol. The lowest BCUT2D eigenvalue weighted by Crippen LogP contribution is -2.17. The van der Waals surface area contributed by atoms with Crippen molar-refractivity contribution >= 4 is 45.9 Å². The third-order valence-corrected chi connectivity index (χ3v) is 6.73. The van der Waals surface area contributed by atoms with Crippen molar-refractivity contribution in [2.24, 2.45) is 5.73 Å². The van der Waals surface area contributed by atoms with Crippen LogP contribution in [0.5, 0.6) is 0 Å². The average Bonchev–Trinajstić information content (AvgIpc) is 3.31. The molecule has 0 unspecified atom stereocenters. The van der Waals surface area contributed by atoms with Gasteiger partial charge in [-0.05, 0) is 44.9 Å². The third-order valence-electron chi connectivity index (χ3n) is 4.56. The lowest BCUT2D eigenvalue weighted by molar-refractivity contribution is -0.113. The number of nitrogens with one attached hydrogen (secondary N) is 1. The molecule has 2 amide bonds. The number of hydrogen-bond acceptors (Lipinski definition) is 8. The molecule has 0 aliphatic heterocycles. The summed E-state index contributed by atoms with van der Waals surface area (Å²) in [6.07, 6.45) is 1.60. The van der Waals surface area contributed by atoms with Gasteiger partial charge < -0.3 is 15.8 Å². The number of benzene rings is 1. The molecule has 0 fully saturated rings. The monoisotopic (exact) mass is 473 g/mol. The molecule has 0 radical (unpaired) electrons. The number of carbonyl (C=O) groups is 3. The number of thiophene rings is 1. The highest BCUT2D eigenvalue weighted by Gasteiger charge is 2.25. The van der Waals surface area contributed by atoms with Crippen LogP contribution >= 0.6 is 23.1 Å². The van der Waals surface area contributed by atoms with Crippen LogP contribution in [0.2, 0.25) is 0 Å². The van der Waals surface area contributed by atoms with Crippen molar-refractivity contribution in [2.75, 3.05) is 17.7 Å². The molecular formula is C21H23N5O4S2. The van der Waals surface area contributed by atoms with Gasteiger partial charge in [0.2, 0.25) is 5.91 Å². The molecule has 0 aliphatic rings. The quantitative estimate of drug-likeness (QED) is 0.379. The van der Waals surface area contributed by atoms with Gasteiger partial charge in [0.25, 0.3) is 5.91 Å². The lowest BCUT2D eigenvalue weighted by Gasteiger charge is -2.10. The number of esters is 1. The summed E-state index contributed by atoms with van der Waals surface area (Å²) in [4.78, 5) is 36.9. The Labute approximate surface area is 193 Å². The topological polar surface area (TPSA) is 129 Å². The highest BCUT2D eigenvalue weighted by Crippen LogP contribution is 2.34. The number of aryl methyl sites for hydroxylation is 2. The molecule has 9 nitrogen and oxygen atoms in total. The van der Waals surface area contributed by atoms with Crippen LogP contribution in [0.1, 0.15) is 43.6 Å². The van der Waals surface area contributed by atoms with E-state index in [1.807, 2.05) is 30.5 Å². The van der Waals surface area contributed by atoms with E-state index in [9.17, 15) is 14.4 Å². The summed E-state index contributed by atoms with van der Waals surface area (Å²) in [6, 6.07) is 6.03. The molecule has 0 atom stereocenters. The molecule has 2 heterocycles. The molecule has 0 saturated carbocycles. The van der Waals surface area contributed by atoms with Gasteiger partial charge in [0.1, 0.15) is 11.3 Å². The first-order chi connectivity index (χ1) is 15.2. The van der Waals surface area contributed by atoms with Crippen molar-refractivity contribution in [1.82, 2.24) is 14.8 Å². The Morgan fingerprint density at radius 1 is 1.25 bits per heavy atom. The number of ether oxygens (including phenoxy) is 1. The van der Waals surface area contributed by atoms with Gasteiger partial charge in [0.05, 0.1) is 28.5 Å². The second kappa shape index (κ2) is 9.96. The summed E-state index contributed by atoms with van der Waals surface area (Å²) in [5.74, 6) is -1.64. The number of anilines is 1. The van der Waals surface area contributed by atoms with Crippen LogP contribution in [0.15, 0.2) is 29.7 Å². The van der Waals surface area contributed by atoms with Crippen LogP contribution in [0, 0.1) is 20.8 Å². The van der Waals surface area contributed by atoms with Crippen LogP contribution in [0.4, 0.5) is 5.00 Å². The van der Waals surface area contributed by atoms with Crippen molar-refractivity contribution in [3.8, 4) is 5.69 Å². The number of amides is 2. The second-order valence-corrected chi connectivity index (χ2v) is 8.92. The largest absolute Gasteiger partial charge is 0.462 e. The molecule has 168 valence electrons. The average molecular weight is 474 g/mol. The van der Waals surface area contributed by atoms with Crippen molar-refractivity contribution in [2.45, 2.75) is 32.9 Å². The summed E-state index contributed by atoms with van der Waals surface area (Å²) in [5, 5.41) is 11.6. The summed E-state index contributed by atoms with van der Waals surface area (Å²) in [7, 11) is 0. The second-order valence-electron chi connectivity index (χ2n) is 6.96. The summed E-state index contributed by atoms with van der Waals surface area (Å²) >= 11 is 2.16. The van der Waals surface area contributed by atoms with E-state index in [0.29, 0.717) is 10.7 Å². The summed E-state index contributed by atoms with van der Waals surface area (Å²) in [6.45, 7) is 7.45. The van der Waals surface area contributed by atoms with Crippen molar-refractivity contribution in [3.05, 3.63) is 51.7 Å². The molecule has 3 rings (SSSR count). The fraction of sp³-hybridized carbons (Fsp3) is 0.286. The highest BCUT2D eigenvalue weighted by molar-refractivity contribution is 7.99. The fourth-order valence-electron chi connectivity index (χ4n) is 3.14. The molecule has 0 spiro atoms. The van der Waals surface area contributed by atoms with E-state index in [0.717, 1.165) is 28.2 Å². The Morgan fingerprint density at radius 3 is 2.66 bits per heavy atom. The van der Waals surface area contributed by atoms with Crippen molar-refractivity contribution in [3.63, 3.8) is 0 Å². The molecule has 0 saturated heterocycles. The van der Waals surface area contributed by atoms with E-state index in [2.05, 4.69) is 21.6 Å². The number of carbonyl (C=O) groups excluding carboxylic acids is 3. The van der Waals surface area contributed by atoms with E-state index < -0.39 is 11.9 Å². The van der Waals surface area contributed by atoms with Crippen LogP contribution in [0.3, 0.4) is 0 Å². The van der Waals surface area contributed by atoms with Gasteiger partial charge in [-0.1, -0.05) is 29.5 Å². The highest BCUT2D eigenvalue weighted by atomic mass is 32.2. The minimum absolute atomic E-state index is 0.0225. The van der Waals surface area contributed by atoms with E-state index in [1.165, 1.54) is 11.8 Å². The van der Waals surface area contributed by atoms with Crippen LogP contribution < -0.4 is 11.1 Å². The Balaban J connectivity index is 1.77. The Kier molecular flexibility index (Phi) is 7.31. The molecule has 32 heavy (non-hydrogen) atoms. The maximum absolute atomic E-state index is 12.6. The predicted molar refractivity (Wildman–Crippen MR) is 124 cm³/mol. The summed E-state index contributed by atoms with van der Waals surface area (Å²) in [5.41, 5.74) is 9.06. The van der Waals surface area contributed by atoms with Crippen LogP contribution in [-0.2, 0) is 9.53 Å². The molecule has 3 N–H and O–H groups in total. The van der Waals surface area contributed by atoms with Gasteiger partial charge in [-0.25, -0.2) is 4.79 Å². The van der Waals surface area contributed by atoms with Gasteiger partial charge >= 0.3 is 5.97 Å². The molecule has 11 heteroatoms. The first-order valence-corrected chi connectivity index (χ1v) is 11.5. The Bertz CT molecular complexity index is 1190. The lowest BCUT2D eigenvalue weighted by atomic mass is 10.1. The number of rotatable bonds is 8. The minimum atomic E-state index is -0.672. The van der Waals surface area contributed by atoms with Crippen LogP contribution in [0.25, 0.3) is 5.69 Å². The van der Waals surface area contributed by atoms with E-state index in [1.54, 1.807) is 20.2 Å². The minimum Gasteiger partial charge on any atom is -0.462 e. The maximum atomic E-state index is 12.6. The Hall–Kier alpha value is -3.18. The number of aromatic nitrogens is 3. The van der Waals surface area contributed by atoms with E-state index in [-0.39, 0.29) is 33.7 Å². The first-order valence-electron chi connectivity index (χ1n) is 9.73. The maximum Gasteiger partial charge on any atom is 0.341 e. The van der Waals surface area contributed by atoms with E-state index >= 15 is 0 Å². The van der Waals surface area contributed by atoms with Crippen molar-refractivity contribution < 1.29 is 19.1 Å². The standard InChI is InChI=1S/C21H23N5O4S2/c1-5-30-20(29)16-13(4)17(18(22)28)32-19(16)24-15(27)9-31-21-25-23-10-26(21)14-7-6-11(2)8-12(14)3/h6-8,10H,5,9H2,1-4H3,(H2,22,28)(H,24,27). The molecule has 0 aliphatic carbocycles. The summed E-state index contributed by atoms with van der Waals surface area (Å²) < 4.78 is 6.88. The molecule has 1 aromatic carbocycles. The zero-order valence-electron chi connectivity index (χ0n) is 18.1. The molecule has 3 aromatic rings. The van der Waals surface area contributed by atoms with Crippen LogP contribution in [-0.4, -0.2) is 44.9 Å². The Morgan fingerprint density at radius 2 is 2.00 bits per heavy atom. The predicted octanol–water partition coefficient (Wildman–Crippen LogP) is 3.26.